The van der Waals surface area contributed by atoms with Gasteiger partial charge in [-0.05, 0) is 72.0 Å². The van der Waals surface area contributed by atoms with E-state index in [1.807, 2.05) is 30.3 Å². The second-order valence-corrected chi connectivity index (χ2v) is 5.80. The Morgan fingerprint density at radius 2 is 1.90 bits per heavy atom. The van der Waals surface area contributed by atoms with Gasteiger partial charge in [0.2, 0.25) is 5.91 Å². The van der Waals surface area contributed by atoms with Gasteiger partial charge in [0.15, 0.2) is 0 Å². The quantitative estimate of drug-likeness (QED) is 0.783. The van der Waals surface area contributed by atoms with Crippen LogP contribution in [0.5, 0.6) is 0 Å². The van der Waals surface area contributed by atoms with Crippen molar-refractivity contribution in [2.24, 2.45) is 0 Å². The van der Waals surface area contributed by atoms with E-state index in [9.17, 15) is 4.79 Å². The highest BCUT2D eigenvalue weighted by Gasteiger charge is 2.12. The predicted octanol–water partition coefficient (Wildman–Crippen LogP) is 3.60. The molecule has 0 bridgehead atoms. The summed E-state index contributed by atoms with van der Waals surface area (Å²) in [7, 11) is 0. The number of amides is 1. The van der Waals surface area contributed by atoms with Gasteiger partial charge in [-0.25, -0.2) is 0 Å². The van der Waals surface area contributed by atoms with Crippen LogP contribution in [0.15, 0.2) is 48.5 Å². The minimum absolute atomic E-state index is 0.126. The Kier molecular flexibility index (Phi) is 5.17. The first-order valence-corrected chi connectivity index (χ1v) is 7.49. The zero-order valence-corrected chi connectivity index (χ0v) is 13.6. The number of benzene rings is 2. The van der Waals surface area contributed by atoms with Crippen LogP contribution in [0.4, 0.5) is 11.4 Å². The average Bonchev–Trinajstić information content (AvgIpc) is 2.48. The fourth-order valence-electron chi connectivity index (χ4n) is 1.77. The Bertz CT molecular complexity index is 677. The second-order valence-electron chi connectivity index (χ2n) is 4.55. The number of nitrogens with one attached hydrogen (secondary N) is 2. The fourth-order valence-corrected chi connectivity index (χ4v) is 2.32. The second kappa shape index (κ2) is 7.09. The molecule has 21 heavy (non-hydrogen) atoms. The van der Waals surface area contributed by atoms with Crippen LogP contribution in [0, 0.1) is 14.9 Å². The van der Waals surface area contributed by atoms with Crippen LogP contribution in [-0.2, 0) is 4.79 Å². The van der Waals surface area contributed by atoms with Crippen molar-refractivity contribution in [3.63, 3.8) is 0 Å². The molecule has 4 nitrogen and oxygen atoms in total. The summed E-state index contributed by atoms with van der Waals surface area (Å²) >= 11 is 2.23. The molecule has 0 aromatic heterocycles. The summed E-state index contributed by atoms with van der Waals surface area (Å²) in [6, 6.07) is 16.3. The number of nitriles is 1. The van der Waals surface area contributed by atoms with Crippen LogP contribution >= 0.6 is 22.6 Å². The van der Waals surface area contributed by atoms with Crippen LogP contribution in [0.25, 0.3) is 0 Å². The lowest BCUT2D eigenvalue weighted by Crippen LogP contribution is -2.31. The Morgan fingerprint density at radius 3 is 2.52 bits per heavy atom. The lowest BCUT2D eigenvalue weighted by molar-refractivity contribution is -0.116. The topological polar surface area (TPSA) is 64.9 Å². The minimum atomic E-state index is -0.362. The maximum absolute atomic E-state index is 12.1. The van der Waals surface area contributed by atoms with Crippen molar-refractivity contribution in [3.8, 4) is 6.07 Å². The molecule has 5 heteroatoms. The molecule has 0 saturated heterocycles. The van der Waals surface area contributed by atoms with Gasteiger partial charge in [-0.3, -0.25) is 4.79 Å². The van der Waals surface area contributed by atoms with Crippen molar-refractivity contribution in [1.82, 2.24) is 0 Å². The van der Waals surface area contributed by atoms with Gasteiger partial charge in [-0.2, -0.15) is 5.26 Å². The smallest absolute Gasteiger partial charge is 0.246 e. The average molecular weight is 391 g/mol. The fraction of sp³-hybridized carbons (Fsp3) is 0.125. The SMILES string of the molecule is C[C@@H](Nc1cccc(I)c1)C(=O)Nc1ccc(C#N)cc1. The summed E-state index contributed by atoms with van der Waals surface area (Å²) < 4.78 is 1.11. The summed E-state index contributed by atoms with van der Waals surface area (Å²) in [5.74, 6) is -0.126. The van der Waals surface area contributed by atoms with Gasteiger partial charge in [-0.1, -0.05) is 6.07 Å². The van der Waals surface area contributed by atoms with E-state index in [0.29, 0.717) is 11.3 Å². The molecule has 0 aliphatic heterocycles. The van der Waals surface area contributed by atoms with Gasteiger partial charge >= 0.3 is 0 Å². The van der Waals surface area contributed by atoms with E-state index >= 15 is 0 Å². The molecule has 2 aromatic rings. The first-order chi connectivity index (χ1) is 10.1. The van der Waals surface area contributed by atoms with E-state index in [-0.39, 0.29) is 11.9 Å². The van der Waals surface area contributed by atoms with Gasteiger partial charge in [0.1, 0.15) is 6.04 Å². The normalized spacial score (nSPS) is 11.3. The third-order valence-electron chi connectivity index (χ3n) is 2.88. The summed E-state index contributed by atoms with van der Waals surface area (Å²) in [5, 5.41) is 14.7. The molecule has 106 valence electrons. The van der Waals surface area contributed by atoms with Gasteiger partial charge in [0.05, 0.1) is 11.6 Å². The van der Waals surface area contributed by atoms with Crippen LogP contribution < -0.4 is 10.6 Å². The molecule has 2 N–H and O–H groups in total. The molecule has 0 radical (unpaired) electrons. The minimum Gasteiger partial charge on any atom is -0.374 e. The van der Waals surface area contributed by atoms with E-state index in [0.717, 1.165) is 9.26 Å². The molecule has 2 aromatic carbocycles. The lowest BCUT2D eigenvalue weighted by atomic mass is 10.2. The highest BCUT2D eigenvalue weighted by Crippen LogP contribution is 2.14. The van der Waals surface area contributed by atoms with Crippen molar-refractivity contribution < 1.29 is 4.79 Å². The zero-order valence-electron chi connectivity index (χ0n) is 11.4. The van der Waals surface area contributed by atoms with E-state index in [1.54, 1.807) is 31.2 Å². The van der Waals surface area contributed by atoms with Crippen LogP contribution in [0.3, 0.4) is 0 Å². The van der Waals surface area contributed by atoms with Gasteiger partial charge < -0.3 is 10.6 Å². The summed E-state index contributed by atoms with van der Waals surface area (Å²) in [6.45, 7) is 1.80. The maximum Gasteiger partial charge on any atom is 0.246 e. The molecular formula is C16H14IN3O. The number of hydrogen-bond donors (Lipinski definition) is 2. The molecule has 0 heterocycles. The molecular weight excluding hydrogens is 377 g/mol. The number of anilines is 2. The van der Waals surface area contributed by atoms with Gasteiger partial charge in [0.25, 0.3) is 0 Å². The molecule has 0 fully saturated rings. The standard InChI is InChI=1S/C16H14IN3O/c1-11(19-15-4-2-3-13(17)9-15)16(21)20-14-7-5-12(10-18)6-8-14/h2-9,11,19H,1H3,(H,20,21)/t11-/m1/s1. The molecule has 0 spiro atoms. The summed E-state index contributed by atoms with van der Waals surface area (Å²) in [4.78, 5) is 12.1. The third kappa shape index (κ3) is 4.46. The molecule has 0 saturated carbocycles. The maximum atomic E-state index is 12.1. The Morgan fingerprint density at radius 1 is 1.19 bits per heavy atom. The molecule has 1 amide bonds. The first-order valence-electron chi connectivity index (χ1n) is 6.41. The van der Waals surface area contributed by atoms with Crippen molar-refractivity contribution in [2.75, 3.05) is 10.6 Å². The monoisotopic (exact) mass is 391 g/mol. The number of carbonyl (C=O) groups is 1. The van der Waals surface area contributed by atoms with E-state index in [2.05, 4.69) is 33.2 Å². The van der Waals surface area contributed by atoms with E-state index in [4.69, 9.17) is 5.26 Å². The number of carbonyl (C=O) groups excluding carboxylic acids is 1. The summed E-state index contributed by atoms with van der Waals surface area (Å²) in [5.41, 5.74) is 2.15. The van der Waals surface area contributed by atoms with E-state index in [1.165, 1.54) is 0 Å². The van der Waals surface area contributed by atoms with Crippen LogP contribution in [0.2, 0.25) is 0 Å². The van der Waals surface area contributed by atoms with Crippen LogP contribution in [-0.4, -0.2) is 11.9 Å². The van der Waals surface area contributed by atoms with Crippen LogP contribution in [0.1, 0.15) is 12.5 Å². The van der Waals surface area contributed by atoms with Crippen molar-refractivity contribution in [3.05, 3.63) is 57.7 Å². The third-order valence-corrected chi connectivity index (χ3v) is 3.55. The van der Waals surface area contributed by atoms with Crippen molar-refractivity contribution >= 4 is 39.9 Å². The Hall–Kier alpha value is -2.07. The number of rotatable bonds is 4. The molecule has 2 rings (SSSR count). The molecule has 0 unspecified atom stereocenters. The van der Waals surface area contributed by atoms with Crippen molar-refractivity contribution in [1.29, 1.82) is 5.26 Å². The lowest BCUT2D eigenvalue weighted by Gasteiger charge is -2.15. The Labute approximate surface area is 137 Å². The number of hydrogen-bond acceptors (Lipinski definition) is 3. The zero-order chi connectivity index (χ0) is 15.2. The predicted molar refractivity (Wildman–Crippen MR) is 92.0 cm³/mol. The largest absolute Gasteiger partial charge is 0.374 e. The molecule has 1 atom stereocenters. The van der Waals surface area contributed by atoms with Gasteiger partial charge in [0, 0.05) is 14.9 Å². The summed E-state index contributed by atoms with van der Waals surface area (Å²) in [6.07, 6.45) is 0. The molecule has 0 aliphatic carbocycles. The number of halogens is 1. The van der Waals surface area contributed by atoms with Gasteiger partial charge in [-0.15, -0.1) is 0 Å². The van der Waals surface area contributed by atoms with E-state index < -0.39 is 0 Å². The number of nitrogens with zero attached hydrogens (tertiary/aromatic N) is 1. The first kappa shape index (κ1) is 15.3. The Balaban J connectivity index is 1.97. The van der Waals surface area contributed by atoms with Crippen molar-refractivity contribution in [2.45, 2.75) is 13.0 Å². The highest BCUT2D eigenvalue weighted by molar-refractivity contribution is 14.1. The highest BCUT2D eigenvalue weighted by atomic mass is 127. The molecule has 0 aliphatic rings.